The van der Waals surface area contributed by atoms with E-state index >= 15 is 0 Å². The first-order valence-electron chi connectivity index (χ1n) is 28.8. The molecule has 29 heteroatoms. The summed E-state index contributed by atoms with van der Waals surface area (Å²) in [4.78, 5) is 135. The third-order valence-corrected chi connectivity index (χ3v) is 13.7. The number of nitrogens with two attached hydrogens (primary N) is 1. The minimum atomic E-state index is -1.43. The number of nitrogens with zero attached hydrogens (tertiary/aromatic N) is 5. The molecule has 0 bridgehead atoms. The Hall–Kier alpha value is -8.93. The van der Waals surface area contributed by atoms with Gasteiger partial charge in [0.05, 0.1) is 38.7 Å². The number of phenols is 1. The van der Waals surface area contributed by atoms with Crippen LogP contribution in [-0.2, 0) is 49.7 Å². The van der Waals surface area contributed by atoms with Crippen LogP contribution in [0, 0.1) is 0 Å². The highest BCUT2D eigenvalue weighted by molar-refractivity contribution is 5.93. The summed E-state index contributed by atoms with van der Waals surface area (Å²) >= 11 is 0. The van der Waals surface area contributed by atoms with Crippen LogP contribution in [0.15, 0.2) is 83.9 Å². The minimum Gasteiger partial charge on any atom is -0.508 e. The summed E-state index contributed by atoms with van der Waals surface area (Å²) in [7, 11) is 0. The lowest BCUT2D eigenvalue weighted by Crippen LogP contribution is -2.51. The van der Waals surface area contributed by atoms with Crippen LogP contribution >= 0.6 is 0 Å². The van der Waals surface area contributed by atoms with Crippen LogP contribution in [0.3, 0.4) is 0 Å². The number of hydrogen-bond donors (Lipinski definition) is 13. The van der Waals surface area contributed by atoms with Gasteiger partial charge in [0.2, 0.25) is 29.5 Å². The van der Waals surface area contributed by atoms with E-state index in [2.05, 4.69) is 42.2 Å². The molecule has 3 aromatic carbocycles. The summed E-state index contributed by atoms with van der Waals surface area (Å²) in [5.41, 5.74) is 7.84. The molecule has 0 saturated carbocycles. The second-order valence-electron chi connectivity index (χ2n) is 20.6. The first-order chi connectivity index (χ1) is 41.7. The van der Waals surface area contributed by atoms with Gasteiger partial charge >= 0.3 is 29.9 Å². The number of hydrogen-bond acceptors (Lipinski definition) is 16. The molecule has 3 atom stereocenters. The predicted molar refractivity (Wildman–Crippen MR) is 317 cm³/mol. The first kappa shape index (κ1) is 70.6. The number of aliphatic imine (C=N–C) groups is 1. The van der Waals surface area contributed by atoms with Gasteiger partial charge < -0.3 is 73.2 Å². The number of urea groups is 1. The lowest BCUT2D eigenvalue weighted by atomic mass is 9.90. The molecule has 1 heterocycles. The number of benzene rings is 3. The smallest absolute Gasteiger partial charge is 0.344 e. The van der Waals surface area contributed by atoms with E-state index in [0.29, 0.717) is 48.1 Å². The van der Waals surface area contributed by atoms with E-state index in [1.54, 1.807) is 87.2 Å². The van der Waals surface area contributed by atoms with Gasteiger partial charge in [-0.15, -0.1) is 0 Å². The van der Waals surface area contributed by atoms with Crippen molar-refractivity contribution < 1.29 is 78.2 Å². The molecule has 1 saturated heterocycles. The topological polar surface area (TPSA) is 417 Å². The molecule has 0 spiro atoms. The summed E-state index contributed by atoms with van der Waals surface area (Å²) in [5, 5.41) is 67.2. The van der Waals surface area contributed by atoms with Crippen molar-refractivity contribution >= 4 is 65.4 Å². The molecule has 29 nitrogen and oxygen atoms in total. The van der Waals surface area contributed by atoms with Crippen molar-refractivity contribution in [2.75, 3.05) is 111 Å². The van der Waals surface area contributed by atoms with E-state index < -0.39 is 71.5 Å². The Morgan fingerprint density at radius 3 is 1.68 bits per heavy atom. The molecule has 0 radical (unpaired) electrons. The Balaban J connectivity index is 1.30. The number of ether oxygens (including phenoxy) is 1. The van der Waals surface area contributed by atoms with Crippen molar-refractivity contribution in [3.8, 4) is 11.5 Å². The van der Waals surface area contributed by atoms with E-state index in [-0.39, 0.29) is 155 Å². The number of aromatic hydroxyl groups is 1. The normalized spacial score (nSPS) is 14.9. The van der Waals surface area contributed by atoms with Crippen molar-refractivity contribution in [3.63, 3.8) is 0 Å². The molecule has 7 amide bonds. The first-order valence-corrected chi connectivity index (χ1v) is 28.8. The molecule has 3 aromatic rings. The summed E-state index contributed by atoms with van der Waals surface area (Å²) < 4.78 is 6.08. The average Bonchev–Trinajstić information content (AvgIpc) is 3.30. The molecule has 476 valence electrons. The Bertz CT molecular complexity index is 2730. The third-order valence-electron chi connectivity index (χ3n) is 13.7. The molecular weight excluding hydrogens is 1130 g/mol. The van der Waals surface area contributed by atoms with Gasteiger partial charge in [-0.2, -0.15) is 4.99 Å². The second kappa shape index (κ2) is 38.9. The number of carboxylic acid groups (broad SMARTS) is 4. The van der Waals surface area contributed by atoms with Crippen LogP contribution in [0.5, 0.6) is 11.5 Å². The largest absolute Gasteiger partial charge is 0.508 e. The van der Waals surface area contributed by atoms with Gasteiger partial charge in [-0.05, 0) is 73.1 Å². The van der Waals surface area contributed by atoms with Gasteiger partial charge in [0.1, 0.15) is 23.6 Å². The van der Waals surface area contributed by atoms with Crippen LogP contribution in [0.25, 0.3) is 0 Å². The molecule has 4 rings (SSSR count). The summed E-state index contributed by atoms with van der Waals surface area (Å²) in [6.07, 6.45) is 1.26. The van der Waals surface area contributed by atoms with Crippen molar-refractivity contribution in [3.05, 3.63) is 95.6 Å². The number of aliphatic carboxylic acids is 4. The SMILES string of the molecule is CCC(=O)NCCNC(=O)/N=C(/N)NCCC[C@@H](NC(=O)[C@H](c1ccccc1)c1cccc(OCCCCNC(=O)CC[C@@H](NC(=O)CN2CCN(CC(=O)O)CCN(CC(=O)O)CCN(CC(=O)O)CC2)C(=O)O)c1)C(=O)NCc1ccc(O)cc1. The zero-order valence-electron chi connectivity index (χ0n) is 49.0. The van der Waals surface area contributed by atoms with E-state index in [1.165, 1.54) is 12.1 Å². The van der Waals surface area contributed by atoms with Crippen LogP contribution in [0.1, 0.15) is 74.5 Å². The van der Waals surface area contributed by atoms with Gasteiger partial charge in [0.15, 0.2) is 5.96 Å². The molecule has 0 unspecified atom stereocenters. The Morgan fingerprint density at radius 2 is 1.10 bits per heavy atom. The second-order valence-corrected chi connectivity index (χ2v) is 20.6. The summed E-state index contributed by atoms with van der Waals surface area (Å²) in [6, 6.07) is 19.0. The van der Waals surface area contributed by atoms with Crippen molar-refractivity contribution in [2.45, 2.75) is 76.4 Å². The molecule has 0 aromatic heterocycles. The standard InChI is InChI=1S/C58H83N13O16/c1-2-47(73)61-23-24-63-58(86)67-57(59)62-22-9-14-45(54(82)64-35-40-15-17-43(72)18-16-40)66-55(83)53(41-10-4-3-5-11-41)42-12-8-13-44(34-42)87-33-7-6-21-60-48(74)20-19-46(56(84)85)65-49(75)36-68-25-27-69(37-50(76)77)29-31-71(39-52(80)81)32-30-70(28-26-68)38-51(78)79/h3-5,8,10-13,15-18,34,45-46,53,72H,2,6-7,9,14,19-33,35-39H2,1H3,(H,60,74)(H,61,73)(H,64,82)(H,65,75)(H,66,83)(H,76,77)(H,78,79)(H,80,81)(H,84,85)(H4,59,62,63,67,86)/t45-,46-,53-/m1/s1. The molecular formula is C58H83N13O16. The monoisotopic (exact) mass is 1220 g/mol. The third kappa shape index (κ3) is 29.1. The minimum absolute atomic E-state index is 0.0595. The maximum atomic E-state index is 14.5. The lowest BCUT2D eigenvalue weighted by molar-refractivity contribution is -0.142. The molecule has 87 heavy (non-hydrogen) atoms. The van der Waals surface area contributed by atoms with E-state index in [4.69, 9.17) is 10.5 Å². The lowest BCUT2D eigenvalue weighted by Gasteiger charge is -2.33. The van der Waals surface area contributed by atoms with Gasteiger partial charge in [-0.1, -0.05) is 61.5 Å². The van der Waals surface area contributed by atoms with Crippen LogP contribution in [-0.4, -0.2) is 234 Å². The molecule has 0 aliphatic carbocycles. The maximum absolute atomic E-state index is 14.5. The molecule has 1 aliphatic heterocycles. The van der Waals surface area contributed by atoms with Crippen LogP contribution in [0.4, 0.5) is 4.79 Å². The van der Waals surface area contributed by atoms with Crippen molar-refractivity contribution in [2.24, 2.45) is 10.7 Å². The Labute approximate surface area is 504 Å². The van der Waals surface area contributed by atoms with Gasteiger partial charge in [-0.3, -0.25) is 58.0 Å². The molecule has 1 fully saturated rings. The fraction of sp³-hybridized carbons (Fsp3) is 0.500. The Morgan fingerprint density at radius 1 is 0.552 bits per heavy atom. The number of unbranched alkanes of at least 4 members (excludes halogenated alkanes) is 1. The highest BCUT2D eigenvalue weighted by Crippen LogP contribution is 2.28. The van der Waals surface area contributed by atoms with E-state index in [0.717, 1.165) is 0 Å². The number of phenolic OH excluding ortho intramolecular Hbond substituents is 1. The number of guanidine groups is 1. The van der Waals surface area contributed by atoms with Gasteiger partial charge in [0, 0.05) is 97.9 Å². The number of carbonyl (C=O) groups is 10. The fourth-order valence-electron chi connectivity index (χ4n) is 9.08. The quantitative estimate of drug-likeness (QED) is 0.0201. The fourth-order valence-corrected chi connectivity index (χ4v) is 9.08. The zero-order valence-corrected chi connectivity index (χ0v) is 49.0. The van der Waals surface area contributed by atoms with E-state index in [9.17, 15) is 73.5 Å². The van der Waals surface area contributed by atoms with Crippen molar-refractivity contribution in [1.82, 2.24) is 56.8 Å². The Kier molecular flexibility index (Phi) is 31.5. The number of nitrogens with one attached hydrogen (secondary N) is 7. The number of rotatable bonds is 34. The van der Waals surface area contributed by atoms with Gasteiger partial charge in [0.25, 0.3) is 0 Å². The number of amides is 7. The highest BCUT2D eigenvalue weighted by atomic mass is 16.5. The van der Waals surface area contributed by atoms with Gasteiger partial charge in [-0.25, -0.2) is 9.59 Å². The average molecular weight is 1220 g/mol. The highest BCUT2D eigenvalue weighted by Gasteiger charge is 2.29. The van der Waals surface area contributed by atoms with Crippen LogP contribution in [0.2, 0.25) is 0 Å². The number of carbonyl (C=O) groups excluding carboxylic acids is 6. The molecule has 14 N–H and O–H groups in total. The van der Waals surface area contributed by atoms with Crippen molar-refractivity contribution in [1.29, 1.82) is 0 Å². The maximum Gasteiger partial charge on any atom is 0.344 e. The summed E-state index contributed by atoms with van der Waals surface area (Å²) in [6.45, 7) is 2.80. The zero-order chi connectivity index (χ0) is 63.5. The van der Waals surface area contributed by atoms with E-state index in [1.807, 2.05) is 6.07 Å². The predicted octanol–water partition coefficient (Wildman–Crippen LogP) is -0.654. The number of carboxylic acids is 4. The molecule has 1 aliphatic rings. The van der Waals surface area contributed by atoms with Crippen LogP contribution < -0.4 is 47.7 Å². The summed E-state index contributed by atoms with van der Waals surface area (Å²) in [5.74, 6) is -7.48.